The Morgan fingerprint density at radius 3 is 2.90 bits per heavy atom. The molecular formula is C12H13BrFN3O3. The number of nitrogens with zero attached hydrogens (tertiary/aromatic N) is 1. The minimum Gasteiger partial charge on any atom is -0.465 e. The molecular weight excluding hydrogens is 333 g/mol. The van der Waals surface area contributed by atoms with Gasteiger partial charge in [-0.05, 0) is 28.1 Å². The minimum absolute atomic E-state index is 0.0836. The number of nitrogens with one attached hydrogen (secondary N) is 2. The monoisotopic (exact) mass is 345 g/mol. The van der Waals surface area contributed by atoms with E-state index in [0.29, 0.717) is 4.60 Å². The van der Waals surface area contributed by atoms with Crippen LogP contribution in [0.15, 0.2) is 16.7 Å². The van der Waals surface area contributed by atoms with Crippen LogP contribution in [0.2, 0.25) is 0 Å². The first-order valence-corrected chi connectivity index (χ1v) is 6.73. The molecule has 0 bridgehead atoms. The third-order valence-electron chi connectivity index (χ3n) is 2.90. The van der Waals surface area contributed by atoms with Crippen molar-refractivity contribution in [3.05, 3.63) is 22.3 Å². The van der Waals surface area contributed by atoms with E-state index in [-0.39, 0.29) is 24.3 Å². The highest BCUT2D eigenvalue weighted by Crippen LogP contribution is 2.19. The summed E-state index contributed by atoms with van der Waals surface area (Å²) < 4.78 is 18.1. The lowest BCUT2D eigenvalue weighted by molar-refractivity contribution is -0.117. The first-order valence-electron chi connectivity index (χ1n) is 5.94. The number of amides is 1. The maximum absolute atomic E-state index is 13.1. The molecule has 0 aromatic carbocycles. The third-order valence-corrected chi connectivity index (χ3v) is 3.34. The summed E-state index contributed by atoms with van der Waals surface area (Å²) in [4.78, 5) is 27.6. The van der Waals surface area contributed by atoms with Gasteiger partial charge in [-0.3, -0.25) is 4.79 Å². The molecule has 1 aromatic heterocycles. The molecule has 1 saturated heterocycles. The van der Waals surface area contributed by atoms with Gasteiger partial charge in [0.15, 0.2) is 0 Å². The van der Waals surface area contributed by atoms with E-state index in [1.165, 1.54) is 13.2 Å². The van der Waals surface area contributed by atoms with Crippen LogP contribution in [-0.2, 0) is 9.53 Å². The van der Waals surface area contributed by atoms with Crippen LogP contribution in [0.25, 0.3) is 0 Å². The van der Waals surface area contributed by atoms with Gasteiger partial charge < -0.3 is 15.4 Å². The molecule has 1 aliphatic heterocycles. The van der Waals surface area contributed by atoms with Crippen molar-refractivity contribution in [1.82, 2.24) is 10.3 Å². The van der Waals surface area contributed by atoms with Crippen LogP contribution in [-0.4, -0.2) is 42.7 Å². The van der Waals surface area contributed by atoms with Gasteiger partial charge in [0, 0.05) is 13.0 Å². The summed E-state index contributed by atoms with van der Waals surface area (Å²) in [5.41, 5.74) is 0.138. The molecule has 1 aromatic rings. The van der Waals surface area contributed by atoms with Crippen LogP contribution >= 0.6 is 15.9 Å². The largest absolute Gasteiger partial charge is 0.465 e. The Labute approximate surface area is 123 Å². The van der Waals surface area contributed by atoms with Gasteiger partial charge in [0.1, 0.15) is 22.2 Å². The Bertz CT molecular complexity index is 541. The van der Waals surface area contributed by atoms with E-state index in [9.17, 15) is 14.0 Å². The van der Waals surface area contributed by atoms with Gasteiger partial charge in [0.25, 0.3) is 0 Å². The van der Waals surface area contributed by atoms with E-state index < -0.39 is 24.1 Å². The average molecular weight is 346 g/mol. The first kappa shape index (κ1) is 14.9. The highest BCUT2D eigenvalue weighted by atomic mass is 79.9. The molecule has 0 spiro atoms. The highest BCUT2D eigenvalue weighted by molar-refractivity contribution is 9.10. The van der Waals surface area contributed by atoms with E-state index in [2.05, 4.69) is 36.3 Å². The number of pyridine rings is 1. The molecule has 2 N–H and O–H groups in total. The van der Waals surface area contributed by atoms with E-state index >= 15 is 0 Å². The number of anilines is 1. The predicted octanol–water partition coefficient (Wildman–Crippen LogP) is 1.27. The fraction of sp³-hybridized carbons (Fsp3) is 0.417. The molecule has 1 fully saturated rings. The Kier molecular flexibility index (Phi) is 4.66. The number of esters is 1. The second-order valence-electron chi connectivity index (χ2n) is 4.30. The lowest BCUT2D eigenvalue weighted by Gasteiger charge is -2.12. The first-order chi connectivity index (χ1) is 9.51. The van der Waals surface area contributed by atoms with Crippen LogP contribution in [0.5, 0.6) is 0 Å². The molecule has 2 atom stereocenters. The molecule has 2 rings (SSSR count). The molecule has 6 nitrogen and oxygen atoms in total. The molecule has 0 saturated carbocycles. The molecule has 0 unspecified atom stereocenters. The second kappa shape index (κ2) is 6.27. The van der Waals surface area contributed by atoms with Crippen molar-refractivity contribution in [1.29, 1.82) is 0 Å². The zero-order valence-electron chi connectivity index (χ0n) is 10.7. The number of hydrogen-bond donors (Lipinski definition) is 2. The molecule has 0 aliphatic carbocycles. The van der Waals surface area contributed by atoms with Gasteiger partial charge in [0.05, 0.1) is 13.2 Å². The Hall–Kier alpha value is -1.54. The van der Waals surface area contributed by atoms with Crippen molar-refractivity contribution >= 4 is 33.6 Å². The van der Waals surface area contributed by atoms with Gasteiger partial charge in [-0.2, -0.15) is 0 Å². The molecule has 0 radical (unpaired) electrons. The molecule has 2 heterocycles. The Morgan fingerprint density at radius 1 is 1.55 bits per heavy atom. The number of hydrogen-bond acceptors (Lipinski definition) is 5. The summed E-state index contributed by atoms with van der Waals surface area (Å²) in [5, 5.41) is 5.28. The number of carbonyl (C=O) groups excluding carboxylic acids is 2. The van der Waals surface area contributed by atoms with E-state index in [1.54, 1.807) is 6.07 Å². The van der Waals surface area contributed by atoms with Crippen LogP contribution < -0.4 is 10.6 Å². The van der Waals surface area contributed by atoms with Crippen molar-refractivity contribution < 1.29 is 18.7 Å². The Balaban J connectivity index is 2.17. The van der Waals surface area contributed by atoms with Gasteiger partial charge >= 0.3 is 5.97 Å². The summed E-state index contributed by atoms with van der Waals surface area (Å²) >= 11 is 3.16. The lowest BCUT2D eigenvalue weighted by Crippen LogP contribution is -2.36. The Morgan fingerprint density at radius 2 is 2.30 bits per heavy atom. The van der Waals surface area contributed by atoms with Gasteiger partial charge in [-0.1, -0.05) is 0 Å². The number of halogens is 2. The van der Waals surface area contributed by atoms with E-state index in [4.69, 9.17) is 0 Å². The van der Waals surface area contributed by atoms with Crippen LogP contribution in [0.1, 0.15) is 16.8 Å². The van der Waals surface area contributed by atoms with Crippen molar-refractivity contribution in [3.8, 4) is 0 Å². The summed E-state index contributed by atoms with van der Waals surface area (Å²) in [6.07, 6.45) is -0.936. The number of alkyl halides is 1. The van der Waals surface area contributed by atoms with Crippen molar-refractivity contribution in [3.63, 3.8) is 0 Å². The van der Waals surface area contributed by atoms with Crippen LogP contribution in [0, 0.1) is 0 Å². The van der Waals surface area contributed by atoms with Gasteiger partial charge in [-0.15, -0.1) is 0 Å². The number of methoxy groups -OCH3 is 1. The number of ether oxygens (including phenoxy) is 1. The third kappa shape index (κ3) is 3.31. The molecule has 1 aliphatic rings. The normalized spacial score (nSPS) is 21.6. The predicted molar refractivity (Wildman–Crippen MR) is 73.2 cm³/mol. The van der Waals surface area contributed by atoms with E-state index in [1.807, 2.05) is 0 Å². The molecule has 20 heavy (non-hydrogen) atoms. The van der Waals surface area contributed by atoms with Gasteiger partial charge in [-0.25, -0.2) is 14.2 Å². The standard InChI is InChI=1S/C12H13BrFN3O3/c1-20-12(19)7-2-3-9(13)16-10(7)17-11(18)8-4-6(14)5-15-8/h2-3,6,8,15H,4-5H2,1H3,(H,16,17,18)/t6-,8+/m1/s1. The number of aromatic nitrogens is 1. The topological polar surface area (TPSA) is 80.3 Å². The smallest absolute Gasteiger partial charge is 0.341 e. The zero-order chi connectivity index (χ0) is 14.7. The summed E-state index contributed by atoms with van der Waals surface area (Å²) in [7, 11) is 1.24. The number of carbonyl (C=O) groups is 2. The van der Waals surface area contributed by atoms with Crippen LogP contribution in [0.4, 0.5) is 10.2 Å². The molecule has 108 valence electrons. The molecule has 8 heteroatoms. The lowest BCUT2D eigenvalue weighted by atomic mass is 10.2. The summed E-state index contributed by atoms with van der Waals surface area (Å²) in [5.74, 6) is -0.954. The SMILES string of the molecule is COC(=O)c1ccc(Br)nc1NC(=O)[C@@H]1C[C@@H](F)CN1. The maximum Gasteiger partial charge on any atom is 0.341 e. The van der Waals surface area contributed by atoms with Crippen molar-refractivity contribution in [2.24, 2.45) is 0 Å². The number of rotatable bonds is 3. The van der Waals surface area contributed by atoms with E-state index in [0.717, 1.165) is 0 Å². The average Bonchev–Trinajstić information content (AvgIpc) is 2.85. The minimum atomic E-state index is -1.04. The maximum atomic E-state index is 13.1. The summed E-state index contributed by atoms with van der Waals surface area (Å²) in [6, 6.07) is 2.42. The highest BCUT2D eigenvalue weighted by Gasteiger charge is 2.30. The molecule has 1 amide bonds. The quantitative estimate of drug-likeness (QED) is 0.637. The summed E-state index contributed by atoms with van der Waals surface area (Å²) in [6.45, 7) is 0.147. The zero-order valence-corrected chi connectivity index (χ0v) is 12.2. The van der Waals surface area contributed by atoms with Gasteiger partial charge in [0.2, 0.25) is 5.91 Å². The van der Waals surface area contributed by atoms with Crippen molar-refractivity contribution in [2.45, 2.75) is 18.6 Å². The fourth-order valence-corrected chi connectivity index (χ4v) is 2.21. The van der Waals surface area contributed by atoms with Crippen LogP contribution in [0.3, 0.4) is 0 Å². The fourth-order valence-electron chi connectivity index (χ4n) is 1.90. The van der Waals surface area contributed by atoms with Crippen molar-refractivity contribution in [2.75, 3.05) is 19.0 Å². The second-order valence-corrected chi connectivity index (χ2v) is 5.12.